The molecule has 0 saturated heterocycles. The van der Waals surface area contributed by atoms with Gasteiger partial charge in [0.05, 0.1) is 0 Å². The summed E-state index contributed by atoms with van der Waals surface area (Å²) in [5, 5.41) is 0. The molecule has 0 aromatic carbocycles. The SMILES string of the molecule is C=CCCC1C=CCC2CCCC12. The van der Waals surface area contributed by atoms with Gasteiger partial charge >= 0.3 is 0 Å². The molecule has 2 rings (SSSR count). The molecule has 13 heavy (non-hydrogen) atoms. The molecule has 0 heteroatoms. The molecule has 0 N–H and O–H groups in total. The third-order valence-electron chi connectivity index (χ3n) is 3.79. The molecular formula is C13H20. The number of fused-ring (bicyclic) bond motifs is 1. The van der Waals surface area contributed by atoms with Gasteiger partial charge in [-0.05, 0) is 49.9 Å². The van der Waals surface area contributed by atoms with Crippen molar-refractivity contribution in [1.29, 1.82) is 0 Å². The fourth-order valence-corrected chi connectivity index (χ4v) is 3.11. The minimum atomic E-state index is 0.874. The molecule has 0 heterocycles. The zero-order chi connectivity index (χ0) is 9.10. The largest absolute Gasteiger partial charge is 0.103 e. The van der Waals surface area contributed by atoms with E-state index in [1.54, 1.807) is 0 Å². The average molecular weight is 176 g/mol. The van der Waals surface area contributed by atoms with E-state index in [1.807, 2.05) is 0 Å². The number of rotatable bonds is 3. The summed E-state index contributed by atoms with van der Waals surface area (Å²) < 4.78 is 0. The summed E-state index contributed by atoms with van der Waals surface area (Å²) in [5.74, 6) is 2.92. The Morgan fingerprint density at radius 1 is 1.38 bits per heavy atom. The van der Waals surface area contributed by atoms with E-state index in [2.05, 4.69) is 24.8 Å². The van der Waals surface area contributed by atoms with Crippen molar-refractivity contribution >= 4 is 0 Å². The Labute approximate surface area is 81.7 Å². The van der Waals surface area contributed by atoms with Crippen LogP contribution < -0.4 is 0 Å². The first-order valence-corrected chi connectivity index (χ1v) is 5.69. The minimum Gasteiger partial charge on any atom is -0.103 e. The zero-order valence-corrected chi connectivity index (χ0v) is 8.41. The Bertz CT molecular complexity index is 202. The van der Waals surface area contributed by atoms with E-state index in [0.29, 0.717) is 0 Å². The lowest BCUT2D eigenvalue weighted by atomic mass is 9.76. The maximum Gasteiger partial charge on any atom is -0.0199 e. The number of hydrogen-bond donors (Lipinski definition) is 0. The molecule has 2 aliphatic carbocycles. The summed E-state index contributed by atoms with van der Waals surface area (Å²) in [6, 6.07) is 0. The van der Waals surface area contributed by atoms with Crippen LogP contribution in [0.5, 0.6) is 0 Å². The van der Waals surface area contributed by atoms with Gasteiger partial charge in [0.25, 0.3) is 0 Å². The van der Waals surface area contributed by atoms with Gasteiger partial charge in [-0.1, -0.05) is 24.6 Å². The van der Waals surface area contributed by atoms with Crippen LogP contribution in [-0.2, 0) is 0 Å². The van der Waals surface area contributed by atoms with Crippen LogP contribution in [0.25, 0.3) is 0 Å². The van der Waals surface area contributed by atoms with E-state index in [4.69, 9.17) is 0 Å². The van der Waals surface area contributed by atoms with Crippen molar-refractivity contribution in [3.8, 4) is 0 Å². The fraction of sp³-hybridized carbons (Fsp3) is 0.692. The molecule has 0 aromatic heterocycles. The van der Waals surface area contributed by atoms with Gasteiger partial charge in [-0.2, -0.15) is 0 Å². The molecule has 72 valence electrons. The Kier molecular flexibility index (Phi) is 2.87. The van der Waals surface area contributed by atoms with Crippen molar-refractivity contribution in [3.63, 3.8) is 0 Å². The van der Waals surface area contributed by atoms with Gasteiger partial charge in [0.2, 0.25) is 0 Å². The van der Waals surface area contributed by atoms with E-state index in [0.717, 1.165) is 17.8 Å². The third-order valence-corrected chi connectivity index (χ3v) is 3.79. The molecule has 1 fully saturated rings. The first kappa shape index (κ1) is 9.05. The van der Waals surface area contributed by atoms with E-state index >= 15 is 0 Å². The van der Waals surface area contributed by atoms with Gasteiger partial charge in [-0.25, -0.2) is 0 Å². The number of hydrogen-bond acceptors (Lipinski definition) is 0. The zero-order valence-electron chi connectivity index (χ0n) is 8.41. The van der Waals surface area contributed by atoms with E-state index in [1.165, 1.54) is 38.5 Å². The molecule has 0 bridgehead atoms. The monoisotopic (exact) mass is 176 g/mol. The normalized spacial score (nSPS) is 37.4. The topological polar surface area (TPSA) is 0 Å². The van der Waals surface area contributed by atoms with Crippen LogP contribution in [0.15, 0.2) is 24.8 Å². The predicted molar refractivity (Wildman–Crippen MR) is 57.5 cm³/mol. The van der Waals surface area contributed by atoms with Gasteiger partial charge in [0.15, 0.2) is 0 Å². The predicted octanol–water partition coefficient (Wildman–Crippen LogP) is 3.95. The molecule has 0 nitrogen and oxygen atoms in total. The van der Waals surface area contributed by atoms with Crippen molar-refractivity contribution in [2.75, 3.05) is 0 Å². The molecule has 0 radical (unpaired) electrons. The molecule has 0 aromatic rings. The Morgan fingerprint density at radius 3 is 3.15 bits per heavy atom. The highest BCUT2D eigenvalue weighted by Gasteiger charge is 2.33. The van der Waals surface area contributed by atoms with Crippen molar-refractivity contribution in [1.82, 2.24) is 0 Å². The summed E-state index contributed by atoms with van der Waals surface area (Å²) in [4.78, 5) is 0. The lowest BCUT2D eigenvalue weighted by molar-refractivity contribution is 0.278. The lowest BCUT2D eigenvalue weighted by Gasteiger charge is -2.29. The second kappa shape index (κ2) is 4.13. The molecule has 3 atom stereocenters. The molecule has 0 aliphatic heterocycles. The van der Waals surface area contributed by atoms with Gasteiger partial charge in [0, 0.05) is 0 Å². The van der Waals surface area contributed by atoms with Crippen LogP contribution in [0, 0.1) is 17.8 Å². The van der Waals surface area contributed by atoms with Crippen LogP contribution in [0.2, 0.25) is 0 Å². The molecule has 0 amide bonds. The van der Waals surface area contributed by atoms with Crippen LogP contribution in [0.4, 0.5) is 0 Å². The molecule has 0 spiro atoms. The quantitative estimate of drug-likeness (QED) is 0.571. The van der Waals surface area contributed by atoms with Gasteiger partial charge in [-0.15, -0.1) is 6.58 Å². The minimum absolute atomic E-state index is 0.874. The summed E-state index contributed by atoms with van der Waals surface area (Å²) in [7, 11) is 0. The first-order chi connectivity index (χ1) is 6.42. The number of allylic oxidation sites excluding steroid dienone is 3. The second-order valence-electron chi connectivity index (χ2n) is 4.55. The Hall–Kier alpha value is -0.520. The molecule has 1 saturated carbocycles. The lowest BCUT2D eigenvalue weighted by Crippen LogP contribution is -2.20. The smallest absolute Gasteiger partial charge is 0.0199 e. The van der Waals surface area contributed by atoms with E-state index in [-0.39, 0.29) is 0 Å². The van der Waals surface area contributed by atoms with Crippen molar-refractivity contribution in [2.24, 2.45) is 17.8 Å². The standard InChI is InChI=1S/C13H20/c1-2-3-6-11-7-4-8-12-9-5-10-13(11)12/h2,4,7,11-13H,1,3,5-6,8-10H2. The van der Waals surface area contributed by atoms with Gasteiger partial charge in [-0.3, -0.25) is 0 Å². The van der Waals surface area contributed by atoms with E-state index in [9.17, 15) is 0 Å². The Morgan fingerprint density at radius 2 is 2.31 bits per heavy atom. The van der Waals surface area contributed by atoms with Gasteiger partial charge in [0.1, 0.15) is 0 Å². The summed E-state index contributed by atoms with van der Waals surface area (Å²) in [6.45, 7) is 3.81. The van der Waals surface area contributed by atoms with Crippen LogP contribution in [0.3, 0.4) is 0 Å². The maximum absolute atomic E-state index is 3.81. The summed E-state index contributed by atoms with van der Waals surface area (Å²) in [6.07, 6.45) is 15.3. The highest BCUT2D eigenvalue weighted by Crippen LogP contribution is 2.43. The van der Waals surface area contributed by atoms with Gasteiger partial charge < -0.3 is 0 Å². The van der Waals surface area contributed by atoms with Crippen molar-refractivity contribution < 1.29 is 0 Å². The highest BCUT2D eigenvalue weighted by molar-refractivity contribution is 5.02. The molecule has 2 aliphatic rings. The third kappa shape index (κ3) is 1.87. The first-order valence-electron chi connectivity index (χ1n) is 5.69. The summed E-state index contributed by atoms with van der Waals surface area (Å²) in [5.41, 5.74) is 0. The summed E-state index contributed by atoms with van der Waals surface area (Å²) >= 11 is 0. The van der Waals surface area contributed by atoms with Crippen LogP contribution >= 0.6 is 0 Å². The van der Waals surface area contributed by atoms with Crippen molar-refractivity contribution in [3.05, 3.63) is 24.8 Å². The average Bonchev–Trinajstić information content (AvgIpc) is 2.62. The van der Waals surface area contributed by atoms with Crippen molar-refractivity contribution in [2.45, 2.75) is 38.5 Å². The molecule has 3 unspecified atom stereocenters. The maximum atomic E-state index is 3.81. The van der Waals surface area contributed by atoms with E-state index < -0.39 is 0 Å². The highest BCUT2D eigenvalue weighted by atomic mass is 14.4. The van der Waals surface area contributed by atoms with Crippen LogP contribution in [-0.4, -0.2) is 0 Å². The Balaban J connectivity index is 1.96. The second-order valence-corrected chi connectivity index (χ2v) is 4.55. The molecular weight excluding hydrogens is 156 g/mol. The van der Waals surface area contributed by atoms with Crippen LogP contribution in [0.1, 0.15) is 38.5 Å². The fourth-order valence-electron chi connectivity index (χ4n) is 3.11.